The van der Waals surface area contributed by atoms with Crippen molar-refractivity contribution in [1.29, 1.82) is 0 Å². The first-order valence-electron chi connectivity index (χ1n) is 6.16. The van der Waals surface area contributed by atoms with Gasteiger partial charge in [-0.3, -0.25) is 0 Å². The highest BCUT2D eigenvalue weighted by molar-refractivity contribution is 6.37. The van der Waals surface area contributed by atoms with Crippen LogP contribution in [0.3, 0.4) is 0 Å². The van der Waals surface area contributed by atoms with E-state index in [2.05, 4.69) is 0 Å². The van der Waals surface area contributed by atoms with E-state index in [0.717, 1.165) is 0 Å². The molecule has 0 heterocycles. The van der Waals surface area contributed by atoms with E-state index in [9.17, 15) is 5.11 Å². The van der Waals surface area contributed by atoms with E-state index in [4.69, 9.17) is 42.1 Å². The molecular weight excluding hydrogens is 331 g/mol. The van der Waals surface area contributed by atoms with Crippen LogP contribution in [0.15, 0.2) is 24.3 Å². The fourth-order valence-corrected chi connectivity index (χ4v) is 2.50. The Kier molecular flexibility index (Phi) is 5.11. The molecule has 0 saturated carbocycles. The topological polar surface area (TPSA) is 57.2 Å². The molecule has 0 aliphatic carbocycles. The summed E-state index contributed by atoms with van der Waals surface area (Å²) in [5.74, 6) is 1.46. The molecule has 0 amide bonds. The van der Waals surface area contributed by atoms with Gasteiger partial charge in [0.15, 0.2) is 17.2 Å². The summed E-state index contributed by atoms with van der Waals surface area (Å²) in [5.41, 5.74) is 0. The van der Waals surface area contributed by atoms with Crippen molar-refractivity contribution in [2.45, 2.75) is 0 Å². The number of methoxy groups -OCH3 is 3. The second kappa shape index (κ2) is 6.85. The maximum Gasteiger partial charge on any atom is 0.203 e. The number of ether oxygens (including phenoxy) is 4. The molecule has 118 valence electrons. The molecule has 0 saturated heterocycles. The van der Waals surface area contributed by atoms with Crippen molar-refractivity contribution >= 4 is 23.2 Å². The third-order valence-corrected chi connectivity index (χ3v) is 3.41. The summed E-state index contributed by atoms with van der Waals surface area (Å²) in [4.78, 5) is 0. The van der Waals surface area contributed by atoms with Gasteiger partial charge in [0, 0.05) is 24.3 Å². The highest BCUT2D eigenvalue weighted by Crippen LogP contribution is 2.44. The highest BCUT2D eigenvalue weighted by Gasteiger charge is 2.16. The maximum absolute atomic E-state index is 9.92. The van der Waals surface area contributed by atoms with E-state index < -0.39 is 0 Å². The molecule has 2 rings (SSSR count). The van der Waals surface area contributed by atoms with Crippen LogP contribution in [0.4, 0.5) is 0 Å². The number of benzene rings is 2. The Morgan fingerprint density at radius 2 is 1.36 bits per heavy atom. The zero-order chi connectivity index (χ0) is 16.3. The molecule has 0 atom stereocenters. The zero-order valence-electron chi connectivity index (χ0n) is 12.1. The number of aromatic hydroxyl groups is 1. The van der Waals surface area contributed by atoms with E-state index in [1.54, 1.807) is 18.2 Å². The quantitative estimate of drug-likeness (QED) is 0.864. The Hall–Kier alpha value is -1.98. The molecule has 0 aromatic heterocycles. The zero-order valence-corrected chi connectivity index (χ0v) is 13.7. The minimum atomic E-state index is -0.109. The van der Waals surface area contributed by atoms with Gasteiger partial charge in [0.2, 0.25) is 5.75 Å². The van der Waals surface area contributed by atoms with Crippen LogP contribution in [0.5, 0.6) is 34.5 Å². The molecule has 22 heavy (non-hydrogen) atoms. The monoisotopic (exact) mass is 344 g/mol. The second-order valence-corrected chi connectivity index (χ2v) is 5.01. The summed E-state index contributed by atoms with van der Waals surface area (Å²) in [5, 5.41) is 10.5. The van der Waals surface area contributed by atoms with Gasteiger partial charge >= 0.3 is 0 Å². The molecule has 0 spiro atoms. The summed E-state index contributed by atoms with van der Waals surface area (Å²) in [7, 11) is 4.37. The Balaban J connectivity index is 2.44. The van der Waals surface area contributed by atoms with Gasteiger partial charge in [0.1, 0.15) is 11.5 Å². The number of hydrogen-bond acceptors (Lipinski definition) is 5. The Morgan fingerprint density at radius 3 is 1.86 bits per heavy atom. The molecule has 7 heteroatoms. The molecule has 2 aromatic carbocycles. The highest BCUT2D eigenvalue weighted by atomic mass is 35.5. The third kappa shape index (κ3) is 3.26. The van der Waals surface area contributed by atoms with Crippen LogP contribution < -0.4 is 18.9 Å². The third-order valence-electron chi connectivity index (χ3n) is 2.85. The van der Waals surface area contributed by atoms with Gasteiger partial charge in [0.05, 0.1) is 31.4 Å². The van der Waals surface area contributed by atoms with Gasteiger partial charge in [-0.1, -0.05) is 23.2 Å². The Bertz CT molecular complexity index is 665. The Morgan fingerprint density at radius 1 is 0.773 bits per heavy atom. The van der Waals surface area contributed by atoms with Gasteiger partial charge in [-0.2, -0.15) is 0 Å². The molecule has 0 aliphatic heterocycles. The Labute approximate surface area is 137 Å². The lowest BCUT2D eigenvalue weighted by molar-refractivity contribution is 0.341. The lowest BCUT2D eigenvalue weighted by Gasteiger charge is -2.14. The van der Waals surface area contributed by atoms with E-state index in [1.165, 1.54) is 27.4 Å². The lowest BCUT2D eigenvalue weighted by atomic mass is 10.2. The summed E-state index contributed by atoms with van der Waals surface area (Å²) in [6, 6.07) is 6.08. The summed E-state index contributed by atoms with van der Waals surface area (Å²) >= 11 is 12.1. The van der Waals surface area contributed by atoms with E-state index in [0.29, 0.717) is 27.3 Å². The van der Waals surface area contributed by atoms with Crippen molar-refractivity contribution in [3.05, 3.63) is 34.3 Å². The first-order valence-corrected chi connectivity index (χ1v) is 6.91. The van der Waals surface area contributed by atoms with Gasteiger partial charge in [0.25, 0.3) is 0 Å². The predicted octanol–water partition coefficient (Wildman–Crippen LogP) is 4.52. The minimum Gasteiger partial charge on any atom is -0.504 e. The van der Waals surface area contributed by atoms with Gasteiger partial charge in [-0.15, -0.1) is 0 Å². The largest absolute Gasteiger partial charge is 0.504 e. The molecule has 0 bridgehead atoms. The number of phenolic OH excluding ortho intramolecular Hbond substituents is 1. The molecule has 1 N–H and O–H groups in total. The van der Waals surface area contributed by atoms with Gasteiger partial charge in [-0.25, -0.2) is 0 Å². The molecular formula is C15H14Cl2O5. The van der Waals surface area contributed by atoms with Crippen LogP contribution in [0.2, 0.25) is 10.0 Å². The van der Waals surface area contributed by atoms with Crippen molar-refractivity contribution in [3.63, 3.8) is 0 Å². The number of rotatable bonds is 5. The normalized spacial score (nSPS) is 10.2. The molecule has 0 unspecified atom stereocenters. The van der Waals surface area contributed by atoms with Crippen molar-refractivity contribution < 1.29 is 24.1 Å². The summed E-state index contributed by atoms with van der Waals surface area (Å²) in [6.45, 7) is 0. The van der Waals surface area contributed by atoms with Crippen molar-refractivity contribution in [1.82, 2.24) is 0 Å². The minimum absolute atomic E-state index is 0.109. The summed E-state index contributed by atoms with van der Waals surface area (Å²) in [6.07, 6.45) is 0. The van der Waals surface area contributed by atoms with E-state index >= 15 is 0 Å². The van der Waals surface area contributed by atoms with Crippen LogP contribution >= 0.6 is 23.2 Å². The lowest BCUT2D eigenvalue weighted by Crippen LogP contribution is -1.94. The predicted molar refractivity (Wildman–Crippen MR) is 84.3 cm³/mol. The second-order valence-electron chi connectivity index (χ2n) is 4.20. The average molecular weight is 345 g/mol. The SMILES string of the molecule is COc1cc(O)c(OC)c(Oc2cc(Cl)c(OC)c(Cl)c2)c1. The molecule has 2 aromatic rings. The van der Waals surface area contributed by atoms with Crippen molar-refractivity contribution in [3.8, 4) is 34.5 Å². The molecule has 0 aliphatic rings. The molecule has 5 nitrogen and oxygen atoms in total. The van der Waals surface area contributed by atoms with Crippen LogP contribution in [0, 0.1) is 0 Å². The molecule has 0 fully saturated rings. The number of hydrogen-bond donors (Lipinski definition) is 1. The van der Waals surface area contributed by atoms with Crippen molar-refractivity contribution in [2.24, 2.45) is 0 Å². The average Bonchev–Trinajstić information content (AvgIpc) is 2.46. The van der Waals surface area contributed by atoms with Crippen LogP contribution in [-0.4, -0.2) is 26.4 Å². The first-order chi connectivity index (χ1) is 10.5. The number of phenols is 1. The smallest absolute Gasteiger partial charge is 0.203 e. The van der Waals surface area contributed by atoms with Crippen LogP contribution in [0.1, 0.15) is 0 Å². The first kappa shape index (κ1) is 16.4. The maximum atomic E-state index is 9.92. The standard InChI is InChI=1S/C15H14Cl2O5/c1-19-8-6-12(18)15(21-3)13(7-8)22-9-4-10(16)14(20-2)11(17)5-9/h4-7,18H,1-3H3. The summed E-state index contributed by atoms with van der Waals surface area (Å²) < 4.78 is 21.0. The van der Waals surface area contributed by atoms with Crippen LogP contribution in [-0.2, 0) is 0 Å². The number of halogens is 2. The van der Waals surface area contributed by atoms with Crippen molar-refractivity contribution in [2.75, 3.05) is 21.3 Å². The van der Waals surface area contributed by atoms with E-state index in [1.807, 2.05) is 0 Å². The molecule has 0 radical (unpaired) electrons. The van der Waals surface area contributed by atoms with Crippen LogP contribution in [0.25, 0.3) is 0 Å². The van der Waals surface area contributed by atoms with E-state index in [-0.39, 0.29) is 17.2 Å². The van der Waals surface area contributed by atoms with Gasteiger partial charge < -0.3 is 24.1 Å². The fourth-order valence-electron chi connectivity index (χ4n) is 1.88. The van der Waals surface area contributed by atoms with Gasteiger partial charge in [-0.05, 0) is 0 Å². The fraction of sp³-hybridized carbons (Fsp3) is 0.200.